The molecule has 0 aromatic heterocycles. The summed E-state index contributed by atoms with van der Waals surface area (Å²) >= 11 is 0. The predicted molar refractivity (Wildman–Crippen MR) is 131 cm³/mol. The molecule has 34 heavy (non-hydrogen) atoms. The van der Waals surface area contributed by atoms with Crippen LogP contribution in [0.15, 0.2) is 0 Å². The highest BCUT2D eigenvalue weighted by atomic mass is 32.2. The summed E-state index contributed by atoms with van der Waals surface area (Å²) in [4.78, 5) is 29.7. The molecule has 0 spiro atoms. The molecule has 0 radical (unpaired) electrons. The maximum atomic E-state index is 13.2. The summed E-state index contributed by atoms with van der Waals surface area (Å²) in [6.45, 7) is 4.76. The zero-order chi connectivity index (χ0) is 23.9. The molecule has 5 fully saturated rings. The highest BCUT2D eigenvalue weighted by molar-refractivity contribution is 7.90. The van der Waals surface area contributed by atoms with Crippen LogP contribution in [0.2, 0.25) is 0 Å². The molecular weight excluding hydrogens is 450 g/mol. The van der Waals surface area contributed by atoms with Gasteiger partial charge in [-0.2, -0.15) is 0 Å². The van der Waals surface area contributed by atoms with E-state index in [9.17, 15) is 18.0 Å². The second-order valence-corrected chi connectivity index (χ2v) is 14.1. The van der Waals surface area contributed by atoms with E-state index in [0.717, 1.165) is 77.0 Å². The second-order valence-electron chi connectivity index (χ2n) is 12.1. The van der Waals surface area contributed by atoms with Crippen LogP contribution < -0.4 is 4.72 Å². The summed E-state index contributed by atoms with van der Waals surface area (Å²) in [7, 11) is -3.15. The van der Waals surface area contributed by atoms with Crippen molar-refractivity contribution in [3.63, 3.8) is 0 Å². The summed E-state index contributed by atoms with van der Waals surface area (Å²) in [5, 5.41) is -0.161. The number of amides is 2. The summed E-state index contributed by atoms with van der Waals surface area (Å²) in [5.41, 5.74) is -0.125. The molecule has 2 atom stereocenters. The van der Waals surface area contributed by atoms with Gasteiger partial charge >= 0.3 is 0 Å². The number of rotatable bonds is 6. The van der Waals surface area contributed by atoms with Crippen molar-refractivity contribution >= 4 is 21.8 Å². The zero-order valence-electron chi connectivity index (χ0n) is 20.8. The van der Waals surface area contributed by atoms with Crippen molar-refractivity contribution in [2.24, 2.45) is 23.2 Å². The molecule has 8 heteroatoms. The molecule has 4 saturated carbocycles. The Morgan fingerprint density at radius 1 is 0.794 bits per heavy atom. The van der Waals surface area contributed by atoms with Crippen molar-refractivity contribution < 1.29 is 18.0 Å². The van der Waals surface area contributed by atoms with Crippen molar-refractivity contribution in [2.45, 2.75) is 102 Å². The fourth-order valence-corrected chi connectivity index (χ4v) is 8.61. The van der Waals surface area contributed by atoms with Gasteiger partial charge in [-0.3, -0.25) is 9.59 Å². The number of sulfonamides is 1. The molecule has 4 aliphatic carbocycles. The van der Waals surface area contributed by atoms with E-state index in [-0.39, 0.29) is 34.4 Å². The number of carbonyl (C=O) groups excluding carboxylic acids is 2. The molecule has 7 nitrogen and oxygen atoms in total. The third-order valence-corrected chi connectivity index (χ3v) is 11.7. The van der Waals surface area contributed by atoms with Gasteiger partial charge in [-0.1, -0.05) is 26.2 Å². The molecule has 5 rings (SSSR count). The van der Waals surface area contributed by atoms with Crippen LogP contribution in [0.25, 0.3) is 0 Å². The van der Waals surface area contributed by atoms with E-state index >= 15 is 0 Å². The minimum absolute atomic E-state index is 0.0978. The van der Waals surface area contributed by atoms with Gasteiger partial charge in [0.05, 0.1) is 5.25 Å². The monoisotopic (exact) mass is 493 g/mol. The van der Waals surface area contributed by atoms with Crippen molar-refractivity contribution in [3.05, 3.63) is 0 Å². The summed E-state index contributed by atoms with van der Waals surface area (Å²) in [6.07, 6.45) is 13.0. The van der Waals surface area contributed by atoms with E-state index in [0.29, 0.717) is 38.0 Å². The normalized spacial score (nSPS) is 34.4. The van der Waals surface area contributed by atoms with Crippen LogP contribution in [0.3, 0.4) is 0 Å². The topological polar surface area (TPSA) is 86.8 Å². The van der Waals surface area contributed by atoms with Gasteiger partial charge in [0.1, 0.15) is 0 Å². The molecule has 1 aliphatic heterocycles. The van der Waals surface area contributed by atoms with Crippen LogP contribution in [0.5, 0.6) is 0 Å². The minimum atomic E-state index is -3.15. The van der Waals surface area contributed by atoms with Crippen LogP contribution in [0.4, 0.5) is 0 Å². The first-order valence-corrected chi connectivity index (χ1v) is 15.4. The number of nitrogens with zero attached hydrogens (tertiary/aromatic N) is 2. The molecule has 5 aliphatic rings. The van der Waals surface area contributed by atoms with Crippen molar-refractivity contribution in [3.8, 4) is 0 Å². The number of nitrogens with one attached hydrogen (secondary N) is 1. The fraction of sp³-hybridized carbons (Fsp3) is 0.923. The Morgan fingerprint density at radius 3 is 2.00 bits per heavy atom. The van der Waals surface area contributed by atoms with E-state index in [2.05, 4.69) is 11.6 Å². The van der Waals surface area contributed by atoms with E-state index in [1.807, 2.05) is 9.80 Å². The number of hydrogen-bond acceptors (Lipinski definition) is 4. The molecule has 0 aromatic carbocycles. The highest BCUT2D eigenvalue weighted by Crippen LogP contribution is 2.46. The maximum absolute atomic E-state index is 13.2. The van der Waals surface area contributed by atoms with Gasteiger partial charge in [-0.05, 0) is 76.0 Å². The van der Waals surface area contributed by atoms with Gasteiger partial charge in [0.25, 0.3) is 0 Å². The molecule has 1 heterocycles. The molecule has 192 valence electrons. The molecule has 1 N–H and O–H groups in total. The van der Waals surface area contributed by atoms with Crippen LogP contribution in [-0.4, -0.2) is 67.5 Å². The first-order chi connectivity index (χ1) is 16.2. The molecule has 1 saturated heterocycles. The summed E-state index contributed by atoms with van der Waals surface area (Å²) in [5.74, 6) is 1.89. The first kappa shape index (κ1) is 24.5. The Labute approximate surface area is 205 Å². The summed E-state index contributed by atoms with van der Waals surface area (Å²) in [6, 6.07) is 0.0978. The zero-order valence-corrected chi connectivity index (χ0v) is 21.7. The lowest BCUT2D eigenvalue weighted by atomic mass is 9.70. The van der Waals surface area contributed by atoms with Gasteiger partial charge < -0.3 is 9.80 Å². The maximum Gasteiger partial charge on any atom is 0.228 e. The number of carbonyl (C=O) groups is 2. The van der Waals surface area contributed by atoms with E-state index < -0.39 is 10.0 Å². The average molecular weight is 494 g/mol. The smallest absolute Gasteiger partial charge is 0.228 e. The van der Waals surface area contributed by atoms with Gasteiger partial charge in [-0.15, -0.1) is 0 Å². The third kappa shape index (κ3) is 5.18. The van der Waals surface area contributed by atoms with Crippen LogP contribution >= 0.6 is 0 Å². The van der Waals surface area contributed by atoms with E-state index in [4.69, 9.17) is 0 Å². The Hall–Kier alpha value is -1.15. The van der Waals surface area contributed by atoms with E-state index in [1.165, 1.54) is 6.42 Å². The van der Waals surface area contributed by atoms with Gasteiger partial charge in [0, 0.05) is 43.6 Å². The molecule has 0 bridgehead atoms. The van der Waals surface area contributed by atoms with E-state index in [1.54, 1.807) is 0 Å². The Kier molecular flexibility index (Phi) is 7.01. The van der Waals surface area contributed by atoms with Gasteiger partial charge in [0.15, 0.2) is 0 Å². The lowest BCUT2D eigenvalue weighted by molar-refractivity contribution is -0.145. The van der Waals surface area contributed by atoms with Gasteiger partial charge in [-0.25, -0.2) is 13.1 Å². The third-order valence-electron chi connectivity index (χ3n) is 9.72. The Balaban J connectivity index is 1.06. The SMILES string of the molecule is CC1(C(=O)N2CCN(C(=O)C3CCC(C4CCCC(NS(=O)(=O)C5CCC5)C4)CC3)CC2)CC1. The predicted octanol–water partition coefficient (Wildman–Crippen LogP) is 3.29. The summed E-state index contributed by atoms with van der Waals surface area (Å²) < 4.78 is 28.2. The number of hydrogen-bond donors (Lipinski definition) is 1. The fourth-order valence-electron chi connectivity index (χ4n) is 6.78. The number of piperazine rings is 1. The van der Waals surface area contributed by atoms with Crippen LogP contribution in [0.1, 0.15) is 90.4 Å². The quantitative estimate of drug-likeness (QED) is 0.615. The Bertz CT molecular complexity index is 866. The lowest BCUT2D eigenvalue weighted by Crippen LogP contribution is -2.53. The van der Waals surface area contributed by atoms with Crippen LogP contribution in [-0.2, 0) is 19.6 Å². The van der Waals surface area contributed by atoms with Gasteiger partial charge in [0.2, 0.25) is 21.8 Å². The van der Waals surface area contributed by atoms with Crippen molar-refractivity contribution in [1.82, 2.24) is 14.5 Å². The first-order valence-electron chi connectivity index (χ1n) is 13.8. The second kappa shape index (κ2) is 9.72. The lowest BCUT2D eigenvalue weighted by Gasteiger charge is -2.41. The molecular formula is C26H43N3O4S. The van der Waals surface area contributed by atoms with Crippen LogP contribution in [0, 0.1) is 23.2 Å². The molecule has 2 amide bonds. The minimum Gasteiger partial charge on any atom is -0.339 e. The molecule has 2 unspecified atom stereocenters. The standard InChI is InChI=1S/C26H43N3O4S/c1-26(12-13-26)25(31)29-16-14-28(15-17-29)24(30)20-10-8-19(9-11-20)21-4-2-5-22(18-21)27-34(32,33)23-6-3-7-23/h19-23,27H,2-18H2,1H3. The Morgan fingerprint density at radius 2 is 1.41 bits per heavy atom. The van der Waals surface area contributed by atoms with Crippen molar-refractivity contribution in [1.29, 1.82) is 0 Å². The largest absolute Gasteiger partial charge is 0.339 e. The highest BCUT2D eigenvalue weighted by Gasteiger charge is 2.47. The van der Waals surface area contributed by atoms with Crippen molar-refractivity contribution in [2.75, 3.05) is 26.2 Å². The molecule has 0 aromatic rings. The average Bonchev–Trinajstić information content (AvgIpc) is 3.55.